The number of anilines is 1. The molecule has 24 heavy (non-hydrogen) atoms. The lowest BCUT2D eigenvalue weighted by atomic mass is 10.0. The Morgan fingerprint density at radius 1 is 1.21 bits per heavy atom. The topological polar surface area (TPSA) is 102 Å². The lowest BCUT2D eigenvalue weighted by molar-refractivity contribution is -0.384. The van der Waals surface area contributed by atoms with E-state index in [1.54, 1.807) is 31.2 Å². The first-order chi connectivity index (χ1) is 11.5. The maximum absolute atomic E-state index is 11.9. The van der Waals surface area contributed by atoms with Crippen LogP contribution >= 0.6 is 0 Å². The van der Waals surface area contributed by atoms with Gasteiger partial charge in [0.25, 0.3) is 5.69 Å². The molecule has 0 amide bonds. The number of aliphatic hydroxyl groups excluding tert-OH is 1. The van der Waals surface area contributed by atoms with Gasteiger partial charge in [0.15, 0.2) is 6.10 Å². The van der Waals surface area contributed by atoms with Gasteiger partial charge in [-0.1, -0.05) is 30.3 Å². The van der Waals surface area contributed by atoms with Gasteiger partial charge in [0, 0.05) is 17.8 Å². The zero-order chi connectivity index (χ0) is 17.5. The fraction of sp³-hybridized carbons (Fsp3) is 0.235. The van der Waals surface area contributed by atoms with Crippen molar-refractivity contribution in [2.24, 2.45) is 0 Å². The van der Waals surface area contributed by atoms with Crippen LogP contribution in [0.15, 0.2) is 54.6 Å². The number of nitro groups is 1. The minimum absolute atomic E-state index is 0.0391. The quantitative estimate of drug-likeness (QED) is 0.460. The molecule has 0 radical (unpaired) electrons. The molecule has 126 valence electrons. The third-order valence-electron chi connectivity index (χ3n) is 3.40. The molecule has 0 saturated carbocycles. The van der Waals surface area contributed by atoms with Gasteiger partial charge in [-0.2, -0.15) is 0 Å². The Kier molecular flexibility index (Phi) is 5.86. The Morgan fingerprint density at radius 3 is 2.38 bits per heavy atom. The van der Waals surface area contributed by atoms with E-state index in [1.165, 1.54) is 24.3 Å². The third kappa shape index (κ3) is 4.30. The van der Waals surface area contributed by atoms with E-state index in [9.17, 15) is 20.0 Å². The van der Waals surface area contributed by atoms with Gasteiger partial charge in [0.2, 0.25) is 0 Å². The highest BCUT2D eigenvalue weighted by molar-refractivity contribution is 5.76. The number of non-ortho nitro benzene ring substituents is 1. The number of carbonyl (C=O) groups excluding carboxylic acids is 1. The van der Waals surface area contributed by atoms with Crippen LogP contribution in [0.5, 0.6) is 0 Å². The Hall–Kier alpha value is -2.93. The Bertz CT molecular complexity index is 688. The summed E-state index contributed by atoms with van der Waals surface area (Å²) >= 11 is 0. The van der Waals surface area contributed by atoms with Crippen molar-refractivity contribution in [3.8, 4) is 0 Å². The summed E-state index contributed by atoms with van der Waals surface area (Å²) in [4.78, 5) is 22.1. The predicted octanol–water partition coefficient (Wildman–Crippen LogP) is 2.67. The van der Waals surface area contributed by atoms with Crippen molar-refractivity contribution in [2.45, 2.75) is 19.1 Å². The van der Waals surface area contributed by atoms with E-state index in [0.717, 1.165) is 0 Å². The molecule has 0 aliphatic carbocycles. The van der Waals surface area contributed by atoms with Crippen LogP contribution in [0.4, 0.5) is 11.4 Å². The lowest BCUT2D eigenvalue weighted by Gasteiger charge is -2.24. The third-order valence-corrected chi connectivity index (χ3v) is 3.40. The smallest absolute Gasteiger partial charge is 0.337 e. The summed E-state index contributed by atoms with van der Waals surface area (Å²) in [7, 11) is 0. The number of hydrogen-bond acceptors (Lipinski definition) is 6. The number of rotatable bonds is 7. The largest absolute Gasteiger partial charge is 0.464 e. The lowest BCUT2D eigenvalue weighted by Crippen LogP contribution is -2.34. The first-order valence-corrected chi connectivity index (χ1v) is 7.43. The number of carbonyl (C=O) groups is 1. The van der Waals surface area contributed by atoms with E-state index in [2.05, 4.69) is 5.32 Å². The van der Waals surface area contributed by atoms with E-state index >= 15 is 0 Å². The number of hydrogen-bond donors (Lipinski definition) is 2. The molecule has 0 aliphatic heterocycles. The van der Waals surface area contributed by atoms with Crippen LogP contribution in [0.25, 0.3) is 0 Å². The van der Waals surface area contributed by atoms with Crippen molar-refractivity contribution >= 4 is 17.3 Å². The minimum atomic E-state index is -1.41. The van der Waals surface area contributed by atoms with Crippen LogP contribution in [0.3, 0.4) is 0 Å². The molecule has 0 saturated heterocycles. The molecule has 0 heterocycles. The van der Waals surface area contributed by atoms with E-state index in [-0.39, 0.29) is 12.3 Å². The molecule has 2 atom stereocenters. The summed E-state index contributed by atoms with van der Waals surface area (Å²) < 4.78 is 4.88. The molecular weight excluding hydrogens is 312 g/mol. The maximum atomic E-state index is 11.9. The average molecular weight is 330 g/mol. The van der Waals surface area contributed by atoms with Crippen LogP contribution in [-0.2, 0) is 9.53 Å². The molecule has 0 bridgehead atoms. The average Bonchev–Trinajstić information content (AvgIpc) is 2.60. The van der Waals surface area contributed by atoms with Crippen LogP contribution in [0.1, 0.15) is 18.5 Å². The summed E-state index contributed by atoms with van der Waals surface area (Å²) in [6.45, 7) is 1.82. The first-order valence-electron chi connectivity index (χ1n) is 7.43. The van der Waals surface area contributed by atoms with Gasteiger partial charge in [-0.05, 0) is 24.6 Å². The normalized spacial score (nSPS) is 12.9. The van der Waals surface area contributed by atoms with Crippen LogP contribution in [0.2, 0.25) is 0 Å². The first kappa shape index (κ1) is 17.4. The molecule has 2 N–H and O–H groups in total. The molecule has 2 aromatic rings. The monoisotopic (exact) mass is 330 g/mol. The highest BCUT2D eigenvalue weighted by Crippen LogP contribution is 2.25. The zero-order valence-electron chi connectivity index (χ0n) is 13.1. The molecule has 2 rings (SSSR count). The van der Waals surface area contributed by atoms with E-state index in [4.69, 9.17) is 4.74 Å². The fourth-order valence-corrected chi connectivity index (χ4v) is 2.23. The number of nitro benzene ring substituents is 1. The molecule has 2 unspecified atom stereocenters. The molecule has 2 aromatic carbocycles. The summed E-state index contributed by atoms with van der Waals surface area (Å²) in [5.41, 5.74) is 1.19. The second-order valence-electron chi connectivity index (χ2n) is 5.03. The summed E-state index contributed by atoms with van der Waals surface area (Å²) in [6.07, 6.45) is -1.41. The summed E-state index contributed by atoms with van der Waals surface area (Å²) in [6, 6.07) is 13.9. The Labute approximate surface area is 139 Å². The van der Waals surface area contributed by atoms with Crippen molar-refractivity contribution < 1.29 is 19.6 Å². The number of nitrogens with one attached hydrogen (secondary N) is 1. The van der Waals surface area contributed by atoms with E-state index < -0.39 is 23.0 Å². The molecule has 0 fully saturated rings. The van der Waals surface area contributed by atoms with Gasteiger partial charge in [-0.15, -0.1) is 0 Å². The fourth-order valence-electron chi connectivity index (χ4n) is 2.23. The second-order valence-corrected chi connectivity index (χ2v) is 5.03. The van der Waals surface area contributed by atoms with Crippen LogP contribution in [0, 0.1) is 10.1 Å². The van der Waals surface area contributed by atoms with Gasteiger partial charge in [0.1, 0.15) is 0 Å². The Balaban J connectivity index is 2.25. The van der Waals surface area contributed by atoms with Gasteiger partial charge in [-0.3, -0.25) is 10.1 Å². The zero-order valence-corrected chi connectivity index (χ0v) is 13.1. The van der Waals surface area contributed by atoms with Gasteiger partial charge in [0.05, 0.1) is 17.6 Å². The van der Waals surface area contributed by atoms with Crippen LogP contribution in [-0.4, -0.2) is 28.7 Å². The molecule has 0 aromatic heterocycles. The maximum Gasteiger partial charge on any atom is 0.337 e. The van der Waals surface area contributed by atoms with Crippen molar-refractivity contribution in [3.63, 3.8) is 0 Å². The van der Waals surface area contributed by atoms with Crippen molar-refractivity contribution in [2.75, 3.05) is 11.9 Å². The molecular formula is C17H18N2O5. The number of nitrogens with zero attached hydrogens (tertiary/aromatic N) is 1. The number of aliphatic hydroxyl groups is 1. The minimum Gasteiger partial charge on any atom is -0.464 e. The Morgan fingerprint density at radius 2 is 1.83 bits per heavy atom. The molecule has 0 aliphatic rings. The van der Waals surface area contributed by atoms with E-state index in [0.29, 0.717) is 11.3 Å². The number of esters is 1. The summed E-state index contributed by atoms with van der Waals surface area (Å²) in [5.74, 6) is -0.735. The number of benzene rings is 2. The number of ether oxygens (including phenoxy) is 1. The van der Waals surface area contributed by atoms with Gasteiger partial charge < -0.3 is 15.2 Å². The molecule has 0 spiro atoms. The van der Waals surface area contributed by atoms with Crippen LogP contribution < -0.4 is 5.32 Å². The second kappa shape index (κ2) is 8.07. The van der Waals surface area contributed by atoms with Crippen molar-refractivity contribution in [1.82, 2.24) is 0 Å². The van der Waals surface area contributed by atoms with Crippen molar-refractivity contribution in [3.05, 3.63) is 70.3 Å². The van der Waals surface area contributed by atoms with Gasteiger partial charge in [-0.25, -0.2) is 4.79 Å². The standard InChI is InChI=1S/C17H18N2O5/c1-2-24-17(21)16(20)15(12-6-4-3-5-7-12)18-13-8-10-14(11-9-13)19(22)23/h3-11,15-16,18,20H,2H2,1H3. The van der Waals surface area contributed by atoms with E-state index in [1.807, 2.05) is 6.07 Å². The summed E-state index contributed by atoms with van der Waals surface area (Å²) in [5, 5.41) is 24.1. The molecule has 7 nitrogen and oxygen atoms in total. The SMILES string of the molecule is CCOC(=O)C(O)C(Nc1ccc([N+](=O)[O-])cc1)c1ccccc1. The van der Waals surface area contributed by atoms with Gasteiger partial charge >= 0.3 is 5.97 Å². The highest BCUT2D eigenvalue weighted by Gasteiger charge is 2.28. The highest BCUT2D eigenvalue weighted by atomic mass is 16.6. The van der Waals surface area contributed by atoms with Crippen molar-refractivity contribution in [1.29, 1.82) is 0 Å². The molecule has 7 heteroatoms. The predicted molar refractivity (Wildman–Crippen MR) is 88.5 cm³/mol.